The third kappa shape index (κ3) is 1.53. The Morgan fingerprint density at radius 2 is 2.06 bits per heavy atom. The van der Waals surface area contributed by atoms with E-state index in [1.54, 1.807) is 5.01 Å². The Kier molecular flexibility index (Phi) is 2.25. The summed E-state index contributed by atoms with van der Waals surface area (Å²) in [6, 6.07) is 10.1. The lowest BCUT2D eigenvalue weighted by atomic mass is 10.1. The maximum Gasteiger partial charge on any atom is 0.209 e. The van der Waals surface area contributed by atoms with E-state index in [1.165, 1.54) is 11.9 Å². The van der Waals surface area contributed by atoms with Crippen LogP contribution in [0.4, 0.5) is 0 Å². The summed E-state index contributed by atoms with van der Waals surface area (Å²) < 4.78 is 4.23. The van der Waals surface area contributed by atoms with Crippen molar-refractivity contribution in [2.45, 2.75) is 6.92 Å². The first kappa shape index (κ1) is 9.59. The van der Waals surface area contributed by atoms with Crippen molar-refractivity contribution in [2.75, 3.05) is 6.54 Å². The minimum Gasteiger partial charge on any atom is -0.253 e. The van der Waals surface area contributed by atoms with Crippen LogP contribution in [0.15, 0.2) is 44.8 Å². The number of fused-ring (bicyclic) bond motifs is 1. The second-order valence-corrected chi connectivity index (χ2v) is 4.28. The van der Waals surface area contributed by atoms with Gasteiger partial charge >= 0.3 is 0 Å². The third-order valence-electron chi connectivity index (χ3n) is 2.44. The molecule has 2 aliphatic rings. The van der Waals surface area contributed by atoms with Gasteiger partial charge in [-0.3, -0.25) is 4.99 Å². The molecule has 0 fully saturated rings. The largest absolute Gasteiger partial charge is 0.253 e. The van der Waals surface area contributed by atoms with E-state index in [0.29, 0.717) is 6.54 Å². The highest BCUT2D eigenvalue weighted by molar-refractivity contribution is 8.13. The maximum absolute atomic E-state index is 4.56. The van der Waals surface area contributed by atoms with E-state index in [2.05, 4.69) is 26.6 Å². The summed E-state index contributed by atoms with van der Waals surface area (Å²) in [6.45, 7) is 2.57. The van der Waals surface area contributed by atoms with Gasteiger partial charge in [-0.1, -0.05) is 30.3 Å². The van der Waals surface area contributed by atoms with Crippen LogP contribution in [0.2, 0.25) is 0 Å². The number of nitrogens with zero attached hydrogens (tertiary/aromatic N) is 4. The lowest BCUT2D eigenvalue weighted by molar-refractivity contribution is 0.661. The molecule has 0 saturated carbocycles. The molecule has 0 radical (unpaired) electrons. The molecule has 3 rings (SSSR count). The summed E-state index contributed by atoms with van der Waals surface area (Å²) in [5, 5.41) is 7.24. The smallest absolute Gasteiger partial charge is 0.209 e. The molecule has 16 heavy (non-hydrogen) atoms. The van der Waals surface area contributed by atoms with Gasteiger partial charge in [0.1, 0.15) is 5.84 Å². The molecule has 80 valence electrons. The van der Waals surface area contributed by atoms with Crippen LogP contribution in [0.3, 0.4) is 0 Å². The van der Waals surface area contributed by atoms with E-state index < -0.39 is 0 Å². The second kappa shape index (κ2) is 3.75. The van der Waals surface area contributed by atoms with Crippen LogP contribution in [0.1, 0.15) is 12.5 Å². The van der Waals surface area contributed by atoms with Crippen molar-refractivity contribution in [2.24, 2.45) is 14.5 Å². The first-order valence-corrected chi connectivity index (χ1v) is 5.81. The monoisotopic (exact) mass is 230 g/mol. The van der Waals surface area contributed by atoms with Crippen LogP contribution >= 0.6 is 11.9 Å². The molecule has 0 N–H and O–H groups in total. The molecule has 0 saturated heterocycles. The van der Waals surface area contributed by atoms with E-state index >= 15 is 0 Å². The zero-order chi connectivity index (χ0) is 11.0. The highest BCUT2D eigenvalue weighted by atomic mass is 32.2. The number of amidine groups is 2. The molecule has 0 spiro atoms. The number of hydrogen-bond donors (Lipinski definition) is 0. The van der Waals surface area contributed by atoms with Gasteiger partial charge in [0.25, 0.3) is 0 Å². The number of hydrazone groups is 1. The van der Waals surface area contributed by atoms with Crippen molar-refractivity contribution in [3.63, 3.8) is 0 Å². The Morgan fingerprint density at radius 1 is 1.25 bits per heavy atom. The number of aliphatic imine (C=N–C) groups is 1. The lowest BCUT2D eigenvalue weighted by Crippen LogP contribution is -2.30. The van der Waals surface area contributed by atoms with Crippen molar-refractivity contribution in [1.82, 2.24) is 5.01 Å². The zero-order valence-electron chi connectivity index (χ0n) is 8.79. The topological polar surface area (TPSA) is 40.3 Å². The number of benzene rings is 1. The van der Waals surface area contributed by atoms with Gasteiger partial charge < -0.3 is 0 Å². The van der Waals surface area contributed by atoms with E-state index in [9.17, 15) is 0 Å². The van der Waals surface area contributed by atoms with Gasteiger partial charge in [0.05, 0.1) is 24.2 Å². The molecule has 0 atom stereocenters. The molecular weight excluding hydrogens is 220 g/mol. The molecule has 1 aromatic rings. The van der Waals surface area contributed by atoms with Gasteiger partial charge in [-0.2, -0.15) is 14.5 Å². The summed E-state index contributed by atoms with van der Waals surface area (Å²) in [5.41, 5.74) is 2.11. The molecule has 0 amide bonds. The maximum atomic E-state index is 4.56. The molecular formula is C11H10N4S. The van der Waals surface area contributed by atoms with Crippen LogP contribution in [0, 0.1) is 0 Å². The summed E-state index contributed by atoms with van der Waals surface area (Å²) in [4.78, 5) is 4.46. The predicted octanol–water partition coefficient (Wildman–Crippen LogP) is 2.14. The average Bonchev–Trinajstić information content (AvgIpc) is 2.72. The summed E-state index contributed by atoms with van der Waals surface area (Å²) in [7, 11) is 0. The molecule has 4 nitrogen and oxygen atoms in total. The number of rotatable bonds is 1. The minimum atomic E-state index is 0.631. The Balaban J connectivity index is 1.95. The molecule has 0 bridgehead atoms. The molecule has 2 heterocycles. The molecule has 0 aromatic heterocycles. The lowest BCUT2D eigenvalue weighted by Gasteiger charge is -2.18. The average molecular weight is 230 g/mol. The zero-order valence-corrected chi connectivity index (χ0v) is 9.61. The van der Waals surface area contributed by atoms with E-state index in [1.807, 2.05) is 25.1 Å². The van der Waals surface area contributed by atoms with Crippen molar-refractivity contribution >= 4 is 28.7 Å². The standard InChI is InChI=1S/C11H10N4S/c1-8-14-16-11-12-7-10(13-15(8)11)9-5-3-2-4-6-9/h2-6H,7H2,1H3. The van der Waals surface area contributed by atoms with Gasteiger partial charge in [-0.05, 0) is 12.5 Å². The molecule has 5 heteroatoms. The Morgan fingerprint density at radius 3 is 2.88 bits per heavy atom. The van der Waals surface area contributed by atoms with Gasteiger partial charge in [-0.15, -0.1) is 0 Å². The Hall–Kier alpha value is -1.62. The predicted molar refractivity (Wildman–Crippen MR) is 67.8 cm³/mol. The first-order valence-electron chi connectivity index (χ1n) is 5.04. The van der Waals surface area contributed by atoms with Gasteiger partial charge in [0.2, 0.25) is 5.17 Å². The minimum absolute atomic E-state index is 0.631. The quantitative estimate of drug-likeness (QED) is 0.693. The fraction of sp³-hybridized carbons (Fsp3) is 0.182. The second-order valence-electron chi connectivity index (χ2n) is 3.55. The Bertz CT molecular complexity index is 504. The van der Waals surface area contributed by atoms with Crippen molar-refractivity contribution in [3.8, 4) is 0 Å². The number of hydrogen-bond acceptors (Lipinski definition) is 5. The fourth-order valence-corrected chi connectivity index (χ4v) is 2.27. The van der Waals surface area contributed by atoms with Gasteiger partial charge in [-0.25, -0.2) is 0 Å². The van der Waals surface area contributed by atoms with Crippen LogP contribution in [0.5, 0.6) is 0 Å². The molecule has 0 unspecified atom stereocenters. The van der Waals surface area contributed by atoms with Crippen LogP contribution in [-0.4, -0.2) is 28.3 Å². The molecule has 2 aliphatic heterocycles. The van der Waals surface area contributed by atoms with Gasteiger partial charge in [0.15, 0.2) is 0 Å². The summed E-state index contributed by atoms with van der Waals surface area (Å²) >= 11 is 1.39. The van der Waals surface area contributed by atoms with Crippen molar-refractivity contribution in [3.05, 3.63) is 35.9 Å². The van der Waals surface area contributed by atoms with Crippen LogP contribution in [0.25, 0.3) is 0 Å². The highest BCUT2D eigenvalue weighted by Crippen LogP contribution is 2.23. The van der Waals surface area contributed by atoms with Crippen LogP contribution in [-0.2, 0) is 0 Å². The fourth-order valence-electron chi connectivity index (χ4n) is 1.61. The van der Waals surface area contributed by atoms with E-state index in [0.717, 1.165) is 22.3 Å². The van der Waals surface area contributed by atoms with Crippen molar-refractivity contribution in [1.29, 1.82) is 0 Å². The highest BCUT2D eigenvalue weighted by Gasteiger charge is 2.25. The van der Waals surface area contributed by atoms with Crippen LogP contribution < -0.4 is 0 Å². The van der Waals surface area contributed by atoms with E-state index in [4.69, 9.17) is 0 Å². The Labute approximate surface area is 97.9 Å². The molecule has 0 aliphatic carbocycles. The third-order valence-corrected chi connectivity index (χ3v) is 3.26. The van der Waals surface area contributed by atoms with Crippen molar-refractivity contribution < 1.29 is 0 Å². The summed E-state index contributed by atoms with van der Waals surface area (Å²) in [6.07, 6.45) is 0. The molecule has 1 aromatic carbocycles. The normalized spacial score (nSPS) is 18.8. The van der Waals surface area contributed by atoms with Gasteiger partial charge in [0, 0.05) is 0 Å². The summed E-state index contributed by atoms with van der Waals surface area (Å²) in [5.74, 6) is 0.886. The first-order chi connectivity index (χ1) is 7.84. The SMILES string of the molecule is CC1=NSC2=NCC(c3ccccc3)=NN12. The van der Waals surface area contributed by atoms with E-state index in [-0.39, 0.29) is 0 Å².